The second-order valence-electron chi connectivity index (χ2n) is 6.50. The molecule has 0 atom stereocenters. The van der Waals surface area contributed by atoms with E-state index in [1.165, 1.54) is 0 Å². The summed E-state index contributed by atoms with van der Waals surface area (Å²) in [5.41, 5.74) is 3.48. The van der Waals surface area contributed by atoms with Gasteiger partial charge in [-0.1, -0.05) is 24.3 Å². The zero-order valence-electron chi connectivity index (χ0n) is 15.4. The predicted octanol–water partition coefficient (Wildman–Crippen LogP) is 4.79. The second kappa shape index (κ2) is 7.88. The van der Waals surface area contributed by atoms with Gasteiger partial charge in [-0.05, 0) is 48.9 Å². The molecule has 0 N–H and O–H groups in total. The van der Waals surface area contributed by atoms with Crippen LogP contribution in [0.3, 0.4) is 0 Å². The van der Waals surface area contributed by atoms with Crippen molar-refractivity contribution in [2.75, 3.05) is 0 Å². The fourth-order valence-corrected chi connectivity index (χ4v) is 2.91. The number of hydrogen-bond acceptors (Lipinski definition) is 4. The molecule has 2 aromatic carbocycles. The maximum Gasteiger partial charge on any atom is 0.167 e. The SMILES string of the molecule is Cc1cn(-c2cccc(C(=O)Cc3ccc(Oc4ccncc4)cc3)c2)cn1. The minimum absolute atomic E-state index is 0.0708. The van der Waals surface area contributed by atoms with E-state index in [4.69, 9.17) is 4.74 Å². The van der Waals surface area contributed by atoms with Gasteiger partial charge in [-0.2, -0.15) is 0 Å². The van der Waals surface area contributed by atoms with E-state index in [1.807, 2.05) is 66.2 Å². The van der Waals surface area contributed by atoms with Crippen LogP contribution in [0.4, 0.5) is 0 Å². The first kappa shape index (κ1) is 17.7. The highest BCUT2D eigenvalue weighted by atomic mass is 16.5. The lowest BCUT2D eigenvalue weighted by Gasteiger charge is -2.08. The van der Waals surface area contributed by atoms with Gasteiger partial charge in [-0.15, -0.1) is 0 Å². The highest BCUT2D eigenvalue weighted by Crippen LogP contribution is 2.21. The molecule has 5 heteroatoms. The van der Waals surface area contributed by atoms with Gasteiger partial charge < -0.3 is 9.30 Å². The minimum Gasteiger partial charge on any atom is -0.457 e. The molecule has 2 heterocycles. The maximum absolute atomic E-state index is 12.7. The molecular weight excluding hydrogens is 350 g/mol. The van der Waals surface area contributed by atoms with E-state index < -0.39 is 0 Å². The number of carbonyl (C=O) groups is 1. The third-order valence-corrected chi connectivity index (χ3v) is 4.35. The highest BCUT2D eigenvalue weighted by Gasteiger charge is 2.09. The number of benzene rings is 2. The number of aryl methyl sites for hydroxylation is 1. The van der Waals surface area contributed by atoms with E-state index in [1.54, 1.807) is 30.9 Å². The summed E-state index contributed by atoms with van der Waals surface area (Å²) in [4.78, 5) is 20.9. The third kappa shape index (κ3) is 4.15. The van der Waals surface area contributed by atoms with Gasteiger partial charge in [0.2, 0.25) is 0 Å². The number of ketones is 1. The van der Waals surface area contributed by atoms with Crippen LogP contribution in [-0.4, -0.2) is 20.3 Å². The van der Waals surface area contributed by atoms with Gasteiger partial charge >= 0.3 is 0 Å². The van der Waals surface area contributed by atoms with Crippen LogP contribution < -0.4 is 4.74 Å². The molecule has 0 aliphatic rings. The van der Waals surface area contributed by atoms with Crippen molar-refractivity contribution in [1.82, 2.24) is 14.5 Å². The van der Waals surface area contributed by atoms with E-state index in [0.29, 0.717) is 12.0 Å². The zero-order chi connectivity index (χ0) is 19.3. The molecule has 0 unspecified atom stereocenters. The zero-order valence-corrected chi connectivity index (χ0v) is 15.4. The minimum atomic E-state index is 0.0708. The molecule has 0 saturated carbocycles. The van der Waals surface area contributed by atoms with Gasteiger partial charge in [-0.25, -0.2) is 4.98 Å². The molecule has 0 aliphatic carbocycles. The van der Waals surface area contributed by atoms with Gasteiger partial charge in [0.25, 0.3) is 0 Å². The van der Waals surface area contributed by atoms with Gasteiger partial charge in [0.15, 0.2) is 5.78 Å². The number of carbonyl (C=O) groups excluding carboxylic acids is 1. The van der Waals surface area contributed by atoms with Crippen LogP contribution >= 0.6 is 0 Å². The molecule has 0 aliphatic heterocycles. The van der Waals surface area contributed by atoms with Gasteiger partial charge in [0, 0.05) is 36.3 Å². The molecule has 0 radical (unpaired) electrons. The van der Waals surface area contributed by atoms with Crippen LogP contribution in [0, 0.1) is 6.92 Å². The largest absolute Gasteiger partial charge is 0.457 e. The maximum atomic E-state index is 12.7. The smallest absolute Gasteiger partial charge is 0.167 e. The average molecular weight is 369 g/mol. The van der Waals surface area contributed by atoms with E-state index >= 15 is 0 Å². The lowest BCUT2D eigenvalue weighted by Crippen LogP contribution is -2.04. The van der Waals surface area contributed by atoms with Crippen molar-refractivity contribution >= 4 is 5.78 Å². The first-order valence-electron chi connectivity index (χ1n) is 8.98. The van der Waals surface area contributed by atoms with Crippen molar-refractivity contribution < 1.29 is 9.53 Å². The summed E-state index contributed by atoms with van der Waals surface area (Å²) in [6.45, 7) is 1.94. The molecule has 28 heavy (non-hydrogen) atoms. The quantitative estimate of drug-likeness (QED) is 0.458. The summed E-state index contributed by atoms with van der Waals surface area (Å²) in [5, 5.41) is 0. The molecule has 4 rings (SSSR count). The average Bonchev–Trinajstić information content (AvgIpc) is 3.17. The number of imidazole rings is 1. The number of ether oxygens (including phenoxy) is 1. The molecule has 0 bridgehead atoms. The van der Waals surface area contributed by atoms with Crippen molar-refractivity contribution in [1.29, 1.82) is 0 Å². The number of nitrogens with zero attached hydrogens (tertiary/aromatic N) is 3. The molecule has 0 amide bonds. The summed E-state index contributed by atoms with van der Waals surface area (Å²) in [6.07, 6.45) is 7.39. The van der Waals surface area contributed by atoms with E-state index in [-0.39, 0.29) is 5.78 Å². The van der Waals surface area contributed by atoms with Gasteiger partial charge in [-0.3, -0.25) is 9.78 Å². The molecule has 138 valence electrons. The third-order valence-electron chi connectivity index (χ3n) is 4.35. The normalized spacial score (nSPS) is 10.6. The Kier molecular flexibility index (Phi) is 4.97. The highest BCUT2D eigenvalue weighted by molar-refractivity contribution is 5.98. The van der Waals surface area contributed by atoms with E-state index in [2.05, 4.69) is 9.97 Å². The summed E-state index contributed by atoms with van der Waals surface area (Å²) >= 11 is 0. The molecular formula is C23H19N3O2. The van der Waals surface area contributed by atoms with Crippen molar-refractivity contribution in [2.45, 2.75) is 13.3 Å². The monoisotopic (exact) mass is 369 g/mol. The van der Waals surface area contributed by atoms with Crippen LogP contribution in [0.25, 0.3) is 5.69 Å². The summed E-state index contributed by atoms with van der Waals surface area (Å²) in [5.74, 6) is 1.52. The lowest BCUT2D eigenvalue weighted by molar-refractivity contribution is 0.0993. The second-order valence-corrected chi connectivity index (χ2v) is 6.50. The van der Waals surface area contributed by atoms with Crippen LogP contribution in [0.5, 0.6) is 11.5 Å². The number of hydrogen-bond donors (Lipinski definition) is 0. The Morgan fingerprint density at radius 1 is 1.00 bits per heavy atom. The number of pyridine rings is 1. The summed E-state index contributed by atoms with van der Waals surface area (Å²) in [6, 6.07) is 18.8. The molecule has 0 fully saturated rings. The number of rotatable bonds is 6. The number of Topliss-reactive ketones (excluding diaryl/α,β-unsaturated/α-hetero) is 1. The molecule has 5 nitrogen and oxygen atoms in total. The van der Waals surface area contributed by atoms with Gasteiger partial charge in [0.05, 0.1) is 12.0 Å². The summed E-state index contributed by atoms with van der Waals surface area (Å²) < 4.78 is 7.67. The molecule has 0 spiro atoms. The van der Waals surface area contributed by atoms with Crippen LogP contribution in [0.2, 0.25) is 0 Å². The Labute approximate surface area is 163 Å². The predicted molar refractivity (Wildman–Crippen MR) is 107 cm³/mol. The standard InChI is InChI=1S/C23H19N3O2/c1-17-15-26(16-25-17)20-4-2-3-19(14-20)23(27)13-18-5-7-21(8-6-18)28-22-9-11-24-12-10-22/h2-12,14-16H,13H2,1H3. The van der Waals surface area contributed by atoms with Crippen LogP contribution in [0.1, 0.15) is 21.6 Å². The van der Waals surface area contributed by atoms with Gasteiger partial charge in [0.1, 0.15) is 11.5 Å². The fourth-order valence-electron chi connectivity index (χ4n) is 2.91. The van der Waals surface area contributed by atoms with Crippen molar-refractivity contribution in [3.8, 4) is 17.2 Å². The lowest BCUT2D eigenvalue weighted by atomic mass is 10.0. The Bertz CT molecular complexity index is 1090. The van der Waals surface area contributed by atoms with Crippen molar-refractivity contribution in [3.05, 3.63) is 102 Å². The first-order valence-corrected chi connectivity index (χ1v) is 8.98. The topological polar surface area (TPSA) is 57.0 Å². The Morgan fingerprint density at radius 2 is 1.75 bits per heavy atom. The Morgan fingerprint density at radius 3 is 2.46 bits per heavy atom. The molecule has 4 aromatic rings. The molecule has 0 saturated heterocycles. The van der Waals surface area contributed by atoms with E-state index in [0.717, 1.165) is 28.4 Å². The Balaban J connectivity index is 1.45. The first-order chi connectivity index (χ1) is 13.7. The fraction of sp³-hybridized carbons (Fsp3) is 0.0870. The molecule has 2 aromatic heterocycles. The van der Waals surface area contributed by atoms with Crippen molar-refractivity contribution in [3.63, 3.8) is 0 Å². The van der Waals surface area contributed by atoms with Crippen LogP contribution in [0.15, 0.2) is 85.6 Å². The Hall–Kier alpha value is -3.73. The summed E-state index contributed by atoms with van der Waals surface area (Å²) in [7, 11) is 0. The van der Waals surface area contributed by atoms with E-state index in [9.17, 15) is 4.79 Å². The van der Waals surface area contributed by atoms with Crippen molar-refractivity contribution in [2.24, 2.45) is 0 Å². The number of aromatic nitrogens is 3. The van der Waals surface area contributed by atoms with Crippen LogP contribution in [-0.2, 0) is 6.42 Å².